The smallest absolute Gasteiger partial charge is 0.311 e. The Hall–Kier alpha value is -5.13. The van der Waals surface area contributed by atoms with Gasteiger partial charge in [-0.3, -0.25) is 34.7 Å². The Balaban J connectivity index is 1.99. The van der Waals surface area contributed by atoms with Crippen LogP contribution in [0.5, 0.6) is 5.75 Å². The number of benzene rings is 3. The van der Waals surface area contributed by atoms with Gasteiger partial charge in [0.2, 0.25) is 0 Å². The predicted octanol–water partition coefficient (Wildman–Crippen LogP) is 3.97. The molecule has 1 saturated heterocycles. The zero-order valence-corrected chi connectivity index (χ0v) is 17.5. The summed E-state index contributed by atoms with van der Waals surface area (Å²) >= 11 is 0. The second-order valence-corrected chi connectivity index (χ2v) is 7.46. The molecule has 2 N–H and O–H groups in total. The van der Waals surface area contributed by atoms with Crippen molar-refractivity contribution < 1.29 is 34.0 Å². The number of ketones is 1. The fourth-order valence-electron chi connectivity index (χ4n) is 3.79. The average Bonchev–Trinajstić information content (AvgIpc) is 3.09. The first-order valence-corrected chi connectivity index (χ1v) is 9.89. The normalized spacial score (nSPS) is 16.9. The fourth-order valence-corrected chi connectivity index (χ4v) is 3.79. The number of aliphatic hydroxyl groups is 1. The number of aliphatic hydroxyl groups excluding tert-OH is 1. The number of carbonyl (C=O) groups excluding carboxylic acids is 2. The lowest BCUT2D eigenvalue weighted by molar-refractivity contribution is -0.385. The van der Waals surface area contributed by atoms with E-state index >= 15 is 0 Å². The zero-order chi connectivity index (χ0) is 25.4. The first-order chi connectivity index (χ1) is 16.6. The monoisotopic (exact) mass is 479 g/mol. The number of anilines is 1. The Morgan fingerprint density at radius 1 is 0.943 bits per heavy atom. The second-order valence-electron chi connectivity index (χ2n) is 7.46. The molecule has 0 saturated carbocycles. The molecule has 3 aromatic carbocycles. The molecule has 12 heteroatoms. The van der Waals surface area contributed by atoms with Crippen molar-refractivity contribution in [3.63, 3.8) is 0 Å². The fraction of sp³-hybridized carbons (Fsp3) is 0.0435. The number of rotatable bonds is 5. The van der Waals surface area contributed by atoms with Crippen LogP contribution >= 0.6 is 0 Å². The van der Waals surface area contributed by atoms with Crippen LogP contribution in [-0.2, 0) is 9.59 Å². The third-order valence-corrected chi connectivity index (χ3v) is 5.39. The summed E-state index contributed by atoms with van der Waals surface area (Å²) in [6.07, 6.45) is 0. The average molecular weight is 479 g/mol. The standard InChI is InChI=1S/C23H14FN3O8/c24-14-5-7-15(8-6-14)25-20(12-4-9-18(28)17(11-12)27(34)35)19(22(30)23(25)31)21(29)13-2-1-3-16(10-13)26(32)33/h1-11,20,28-29H/b21-19-. The van der Waals surface area contributed by atoms with Crippen molar-refractivity contribution in [2.75, 3.05) is 4.90 Å². The molecule has 1 aliphatic rings. The Morgan fingerprint density at radius 2 is 1.63 bits per heavy atom. The number of hydrogen-bond acceptors (Lipinski definition) is 8. The number of phenolic OH excluding ortho intramolecular Hbond substituents is 1. The van der Waals surface area contributed by atoms with Gasteiger partial charge in [0, 0.05) is 29.4 Å². The van der Waals surface area contributed by atoms with E-state index in [1.54, 1.807) is 0 Å². The van der Waals surface area contributed by atoms with Gasteiger partial charge in [-0.25, -0.2) is 4.39 Å². The number of non-ortho nitro benzene ring substituents is 1. The number of hydrogen-bond donors (Lipinski definition) is 2. The van der Waals surface area contributed by atoms with Gasteiger partial charge in [0.15, 0.2) is 5.75 Å². The molecule has 35 heavy (non-hydrogen) atoms. The summed E-state index contributed by atoms with van der Waals surface area (Å²) in [4.78, 5) is 48.0. The van der Waals surface area contributed by atoms with E-state index < -0.39 is 61.9 Å². The van der Waals surface area contributed by atoms with Crippen molar-refractivity contribution in [1.82, 2.24) is 0 Å². The highest BCUT2D eigenvalue weighted by Gasteiger charge is 2.47. The van der Waals surface area contributed by atoms with E-state index in [-0.39, 0.29) is 16.8 Å². The Labute approximate surface area is 195 Å². The van der Waals surface area contributed by atoms with Crippen LogP contribution in [0.15, 0.2) is 72.3 Å². The molecule has 1 fully saturated rings. The summed E-state index contributed by atoms with van der Waals surface area (Å²) < 4.78 is 13.5. The number of carbonyl (C=O) groups is 2. The van der Waals surface area contributed by atoms with Crippen LogP contribution in [0.4, 0.5) is 21.5 Å². The van der Waals surface area contributed by atoms with Crippen LogP contribution < -0.4 is 4.90 Å². The zero-order valence-electron chi connectivity index (χ0n) is 17.5. The largest absolute Gasteiger partial charge is 0.507 e. The van der Waals surface area contributed by atoms with Crippen LogP contribution in [0.2, 0.25) is 0 Å². The van der Waals surface area contributed by atoms with Crippen LogP contribution in [0.25, 0.3) is 5.76 Å². The lowest BCUT2D eigenvalue weighted by atomic mass is 9.94. The van der Waals surface area contributed by atoms with Gasteiger partial charge in [-0.2, -0.15) is 0 Å². The molecule has 1 aliphatic heterocycles. The Morgan fingerprint density at radius 3 is 2.26 bits per heavy atom. The van der Waals surface area contributed by atoms with E-state index in [9.17, 15) is 44.4 Å². The lowest BCUT2D eigenvalue weighted by Gasteiger charge is -2.25. The minimum atomic E-state index is -1.43. The molecule has 1 amide bonds. The lowest BCUT2D eigenvalue weighted by Crippen LogP contribution is -2.29. The van der Waals surface area contributed by atoms with Crippen molar-refractivity contribution in [3.8, 4) is 5.75 Å². The number of Topliss-reactive ketones (excluding diaryl/α,β-unsaturated/α-hetero) is 1. The molecular formula is C23H14FN3O8. The minimum absolute atomic E-state index is 0.0231. The van der Waals surface area contributed by atoms with E-state index in [4.69, 9.17) is 0 Å². The maximum atomic E-state index is 13.5. The molecule has 0 radical (unpaired) electrons. The quantitative estimate of drug-likeness (QED) is 0.182. The maximum Gasteiger partial charge on any atom is 0.311 e. The number of nitro benzene ring substituents is 2. The van der Waals surface area contributed by atoms with E-state index in [1.807, 2.05) is 0 Å². The van der Waals surface area contributed by atoms with Gasteiger partial charge < -0.3 is 10.2 Å². The summed E-state index contributed by atoms with van der Waals surface area (Å²) in [6, 6.07) is 10.9. The molecule has 0 bridgehead atoms. The number of nitrogens with zero attached hydrogens (tertiary/aromatic N) is 3. The molecule has 3 aromatic rings. The SMILES string of the molecule is O=C1C(=O)N(c2ccc(F)cc2)C(c2ccc(O)c([N+](=O)[O-])c2)/C1=C(/O)c1cccc([N+](=O)[O-])c1. The van der Waals surface area contributed by atoms with Crippen molar-refractivity contribution in [2.45, 2.75) is 6.04 Å². The topological polar surface area (TPSA) is 164 Å². The number of nitro groups is 2. The summed E-state index contributed by atoms with van der Waals surface area (Å²) in [5.41, 5.74) is -1.73. The van der Waals surface area contributed by atoms with Crippen molar-refractivity contribution in [2.24, 2.45) is 0 Å². The first-order valence-electron chi connectivity index (χ1n) is 9.89. The predicted molar refractivity (Wildman–Crippen MR) is 119 cm³/mol. The molecule has 176 valence electrons. The van der Waals surface area contributed by atoms with Gasteiger partial charge in [0.25, 0.3) is 17.4 Å². The molecule has 11 nitrogen and oxygen atoms in total. The minimum Gasteiger partial charge on any atom is -0.507 e. The molecule has 0 spiro atoms. The summed E-state index contributed by atoms with van der Waals surface area (Å²) in [7, 11) is 0. The number of aromatic hydroxyl groups is 1. The van der Waals surface area contributed by atoms with Crippen LogP contribution in [-0.4, -0.2) is 31.8 Å². The summed E-state index contributed by atoms with van der Waals surface area (Å²) in [5.74, 6) is -4.34. The highest BCUT2D eigenvalue weighted by atomic mass is 19.1. The molecule has 1 heterocycles. The highest BCUT2D eigenvalue weighted by Crippen LogP contribution is 2.44. The van der Waals surface area contributed by atoms with E-state index in [1.165, 1.54) is 30.3 Å². The third kappa shape index (κ3) is 4.04. The number of halogens is 1. The number of amides is 1. The van der Waals surface area contributed by atoms with E-state index in [0.717, 1.165) is 41.3 Å². The molecule has 1 atom stereocenters. The first kappa shape index (κ1) is 23.0. The van der Waals surface area contributed by atoms with Gasteiger partial charge in [-0.15, -0.1) is 0 Å². The van der Waals surface area contributed by atoms with Gasteiger partial charge in [-0.1, -0.05) is 18.2 Å². The van der Waals surface area contributed by atoms with Crippen molar-refractivity contribution >= 4 is 34.5 Å². The highest BCUT2D eigenvalue weighted by molar-refractivity contribution is 6.51. The Bertz CT molecular complexity index is 1430. The van der Waals surface area contributed by atoms with Gasteiger partial charge in [0.05, 0.1) is 21.5 Å². The van der Waals surface area contributed by atoms with Crippen LogP contribution in [0.3, 0.4) is 0 Å². The van der Waals surface area contributed by atoms with Crippen LogP contribution in [0, 0.1) is 26.0 Å². The second kappa shape index (κ2) is 8.67. The Kier molecular flexibility index (Phi) is 5.71. The molecule has 4 rings (SSSR count). The van der Waals surface area contributed by atoms with E-state index in [0.29, 0.717) is 0 Å². The van der Waals surface area contributed by atoms with E-state index in [2.05, 4.69) is 0 Å². The third-order valence-electron chi connectivity index (χ3n) is 5.39. The van der Waals surface area contributed by atoms with Gasteiger partial charge >= 0.3 is 5.69 Å². The molecule has 1 unspecified atom stereocenters. The van der Waals surface area contributed by atoms with Gasteiger partial charge in [0.1, 0.15) is 11.6 Å². The van der Waals surface area contributed by atoms with Crippen LogP contribution in [0.1, 0.15) is 17.2 Å². The van der Waals surface area contributed by atoms with Crippen molar-refractivity contribution in [3.05, 3.63) is 109 Å². The summed E-state index contributed by atoms with van der Waals surface area (Å²) in [6.45, 7) is 0. The maximum absolute atomic E-state index is 13.5. The summed E-state index contributed by atoms with van der Waals surface area (Å²) in [5, 5.41) is 43.4. The molecular weight excluding hydrogens is 465 g/mol. The van der Waals surface area contributed by atoms with Gasteiger partial charge in [-0.05, 0) is 35.9 Å². The molecule has 0 aromatic heterocycles. The number of phenols is 1. The molecule has 0 aliphatic carbocycles. The van der Waals surface area contributed by atoms with Crippen molar-refractivity contribution in [1.29, 1.82) is 0 Å².